The van der Waals surface area contributed by atoms with Crippen molar-refractivity contribution < 1.29 is 9.59 Å². The van der Waals surface area contributed by atoms with Gasteiger partial charge in [0.15, 0.2) is 5.13 Å². The molecule has 7 heteroatoms. The second kappa shape index (κ2) is 7.72. The van der Waals surface area contributed by atoms with E-state index in [9.17, 15) is 9.59 Å². The van der Waals surface area contributed by atoms with Gasteiger partial charge in [-0.3, -0.25) is 9.59 Å². The minimum absolute atomic E-state index is 0.107. The molecule has 1 aliphatic heterocycles. The first-order chi connectivity index (χ1) is 12.0. The van der Waals surface area contributed by atoms with Gasteiger partial charge in [-0.25, -0.2) is 4.98 Å². The van der Waals surface area contributed by atoms with Crippen LogP contribution in [0.3, 0.4) is 0 Å². The summed E-state index contributed by atoms with van der Waals surface area (Å²) in [6.07, 6.45) is 2.64. The summed E-state index contributed by atoms with van der Waals surface area (Å²) < 4.78 is 0. The predicted molar refractivity (Wildman–Crippen MR) is 100 cm³/mol. The van der Waals surface area contributed by atoms with E-state index in [0.29, 0.717) is 5.91 Å². The second-order valence-electron chi connectivity index (χ2n) is 6.81. The summed E-state index contributed by atoms with van der Waals surface area (Å²) in [6, 6.07) is 0. The van der Waals surface area contributed by atoms with Crippen molar-refractivity contribution >= 4 is 28.3 Å². The number of aromatic nitrogens is 1. The maximum Gasteiger partial charge on any atom is 0.226 e. The molecule has 3 rings (SSSR count). The van der Waals surface area contributed by atoms with E-state index in [1.165, 1.54) is 10.6 Å². The Kier molecular flexibility index (Phi) is 5.61. The van der Waals surface area contributed by atoms with Gasteiger partial charge in [0, 0.05) is 57.0 Å². The van der Waals surface area contributed by atoms with Gasteiger partial charge >= 0.3 is 0 Å². The molecular formula is C18H28N4O2S. The molecule has 0 spiro atoms. The number of thiazole rings is 1. The first kappa shape index (κ1) is 18.2. The fourth-order valence-corrected chi connectivity index (χ4v) is 4.95. The molecule has 6 nitrogen and oxygen atoms in total. The zero-order valence-corrected chi connectivity index (χ0v) is 16.3. The molecule has 0 N–H and O–H groups in total. The van der Waals surface area contributed by atoms with Crippen LogP contribution in [-0.4, -0.2) is 65.9 Å². The number of hydrogen-bond donors (Lipinski definition) is 0. The summed E-state index contributed by atoms with van der Waals surface area (Å²) in [6.45, 7) is 10.5. The summed E-state index contributed by atoms with van der Waals surface area (Å²) in [5.74, 6) is 0.548. The van der Waals surface area contributed by atoms with Crippen molar-refractivity contribution in [1.29, 1.82) is 0 Å². The van der Waals surface area contributed by atoms with E-state index in [1.807, 2.05) is 23.6 Å². The normalized spacial score (nSPS) is 20.4. The molecule has 0 aromatic carbocycles. The molecule has 1 atom stereocenters. The largest absolute Gasteiger partial charge is 0.345 e. The average molecular weight is 365 g/mol. The number of nitrogens with zero attached hydrogens (tertiary/aromatic N) is 4. The maximum absolute atomic E-state index is 12.6. The van der Waals surface area contributed by atoms with Crippen LogP contribution in [0.2, 0.25) is 0 Å². The molecular weight excluding hydrogens is 336 g/mol. The van der Waals surface area contributed by atoms with Crippen molar-refractivity contribution in [3.63, 3.8) is 0 Å². The van der Waals surface area contributed by atoms with Crippen LogP contribution in [0.1, 0.15) is 37.8 Å². The van der Waals surface area contributed by atoms with Crippen molar-refractivity contribution in [2.24, 2.45) is 5.92 Å². The van der Waals surface area contributed by atoms with Crippen molar-refractivity contribution in [3.8, 4) is 0 Å². The average Bonchev–Trinajstić information content (AvgIpc) is 3.06. The third-order valence-electron chi connectivity index (χ3n) is 5.35. The van der Waals surface area contributed by atoms with Crippen LogP contribution in [-0.2, 0) is 22.4 Å². The molecule has 25 heavy (non-hydrogen) atoms. The maximum atomic E-state index is 12.6. The lowest BCUT2D eigenvalue weighted by molar-refractivity contribution is -0.135. The molecule has 0 saturated carbocycles. The number of aryl methyl sites for hydroxylation is 1. The standard InChI is InChI=1S/C18H28N4O2S/c1-4-20(5-2)17(24)14-6-7-15-16(12-14)25-18(19-15)22-10-8-21(9-11-22)13(3)23/h14H,4-12H2,1-3H3. The molecule has 0 radical (unpaired) electrons. The lowest BCUT2D eigenvalue weighted by Gasteiger charge is -2.33. The third kappa shape index (κ3) is 3.81. The number of piperazine rings is 1. The van der Waals surface area contributed by atoms with Crippen LogP contribution >= 0.6 is 11.3 Å². The predicted octanol–water partition coefficient (Wildman–Crippen LogP) is 1.78. The van der Waals surface area contributed by atoms with E-state index in [2.05, 4.69) is 4.90 Å². The van der Waals surface area contributed by atoms with Crippen LogP contribution in [0.4, 0.5) is 5.13 Å². The summed E-state index contributed by atoms with van der Waals surface area (Å²) in [4.78, 5) is 36.3. The van der Waals surface area contributed by atoms with E-state index in [-0.39, 0.29) is 11.8 Å². The van der Waals surface area contributed by atoms with Crippen LogP contribution in [0.25, 0.3) is 0 Å². The smallest absolute Gasteiger partial charge is 0.226 e. The quantitative estimate of drug-likeness (QED) is 0.817. The Labute approximate surface area is 153 Å². The topological polar surface area (TPSA) is 56.8 Å². The molecule has 2 aliphatic rings. The second-order valence-corrected chi connectivity index (χ2v) is 7.87. The fourth-order valence-electron chi connectivity index (χ4n) is 3.71. The molecule has 1 aliphatic carbocycles. The Morgan fingerprint density at radius 2 is 1.88 bits per heavy atom. The molecule has 1 saturated heterocycles. The monoisotopic (exact) mass is 364 g/mol. The first-order valence-electron chi connectivity index (χ1n) is 9.31. The van der Waals surface area contributed by atoms with Crippen molar-refractivity contribution in [1.82, 2.24) is 14.8 Å². The van der Waals surface area contributed by atoms with E-state index in [0.717, 1.165) is 63.7 Å². The van der Waals surface area contributed by atoms with Gasteiger partial charge in [-0.05, 0) is 33.1 Å². The molecule has 1 unspecified atom stereocenters. The lowest BCUT2D eigenvalue weighted by atomic mass is 9.90. The molecule has 1 aromatic heterocycles. The van der Waals surface area contributed by atoms with Crippen molar-refractivity contribution in [2.45, 2.75) is 40.0 Å². The van der Waals surface area contributed by atoms with Gasteiger partial charge in [-0.2, -0.15) is 0 Å². The zero-order valence-electron chi connectivity index (χ0n) is 15.5. The number of anilines is 1. The molecule has 2 amide bonds. The first-order valence-corrected chi connectivity index (χ1v) is 10.1. The highest BCUT2D eigenvalue weighted by Gasteiger charge is 2.31. The van der Waals surface area contributed by atoms with Gasteiger partial charge in [0.05, 0.1) is 5.69 Å². The minimum atomic E-state index is 0.107. The summed E-state index contributed by atoms with van der Waals surface area (Å²) in [5, 5.41) is 1.06. The van der Waals surface area contributed by atoms with Crippen molar-refractivity contribution in [3.05, 3.63) is 10.6 Å². The van der Waals surface area contributed by atoms with Gasteiger partial charge in [-0.15, -0.1) is 11.3 Å². The highest BCUT2D eigenvalue weighted by atomic mass is 32.1. The lowest BCUT2D eigenvalue weighted by Crippen LogP contribution is -2.48. The van der Waals surface area contributed by atoms with Gasteiger partial charge in [0.2, 0.25) is 11.8 Å². The fraction of sp³-hybridized carbons (Fsp3) is 0.722. The summed E-state index contributed by atoms with van der Waals surface area (Å²) >= 11 is 1.74. The highest BCUT2D eigenvalue weighted by Crippen LogP contribution is 2.35. The van der Waals surface area contributed by atoms with Crippen LogP contribution in [0.5, 0.6) is 0 Å². The molecule has 1 aromatic rings. The van der Waals surface area contributed by atoms with Gasteiger partial charge in [0.1, 0.15) is 0 Å². The number of rotatable bonds is 4. The Bertz CT molecular complexity index is 633. The molecule has 0 bridgehead atoms. The SMILES string of the molecule is CCN(CC)C(=O)C1CCc2nc(N3CCN(C(C)=O)CC3)sc2C1. The number of hydrogen-bond acceptors (Lipinski definition) is 5. The number of carbonyl (C=O) groups excluding carboxylic acids is 2. The van der Waals surface area contributed by atoms with Gasteiger partial charge in [0.25, 0.3) is 0 Å². The highest BCUT2D eigenvalue weighted by molar-refractivity contribution is 7.15. The van der Waals surface area contributed by atoms with Crippen LogP contribution in [0, 0.1) is 5.92 Å². The Balaban J connectivity index is 1.65. The molecule has 138 valence electrons. The van der Waals surface area contributed by atoms with E-state index >= 15 is 0 Å². The van der Waals surface area contributed by atoms with Crippen molar-refractivity contribution in [2.75, 3.05) is 44.2 Å². The number of amides is 2. The van der Waals surface area contributed by atoms with E-state index in [4.69, 9.17) is 4.98 Å². The van der Waals surface area contributed by atoms with Crippen LogP contribution in [0.15, 0.2) is 0 Å². The van der Waals surface area contributed by atoms with Gasteiger partial charge in [-0.1, -0.05) is 0 Å². The van der Waals surface area contributed by atoms with Crippen LogP contribution < -0.4 is 4.90 Å². The van der Waals surface area contributed by atoms with Gasteiger partial charge < -0.3 is 14.7 Å². The Morgan fingerprint density at radius 1 is 1.20 bits per heavy atom. The summed E-state index contributed by atoms with van der Waals surface area (Å²) in [5.41, 5.74) is 1.18. The Hall–Kier alpha value is -1.63. The zero-order chi connectivity index (χ0) is 18.0. The van der Waals surface area contributed by atoms with E-state index < -0.39 is 0 Å². The number of fused-ring (bicyclic) bond motifs is 1. The molecule has 1 fully saturated rings. The number of carbonyl (C=O) groups is 2. The molecule has 2 heterocycles. The van der Waals surface area contributed by atoms with E-state index in [1.54, 1.807) is 18.3 Å². The third-order valence-corrected chi connectivity index (χ3v) is 6.53. The Morgan fingerprint density at radius 3 is 2.48 bits per heavy atom. The summed E-state index contributed by atoms with van der Waals surface area (Å²) in [7, 11) is 0. The minimum Gasteiger partial charge on any atom is -0.345 e.